The Kier molecular flexibility index (Phi) is 4.88. The Hall–Kier alpha value is -0.610. The first-order valence-electron chi connectivity index (χ1n) is 3.00. The fourth-order valence-electron chi connectivity index (χ4n) is 0.578. The van der Waals surface area contributed by atoms with Crippen LogP contribution in [0.3, 0.4) is 0 Å². The van der Waals surface area contributed by atoms with Gasteiger partial charge in [-0.2, -0.15) is 0 Å². The first-order chi connectivity index (χ1) is 4.76. The quantitative estimate of drug-likeness (QED) is 0.539. The Bertz CT molecular complexity index is 105. The highest BCUT2D eigenvalue weighted by Gasteiger charge is 2.15. The standard InChI is InChI=1S/C6H13NO3/c1-7-5(4-9-2)6(8)10-3/h5,7H,4H2,1-3H3. The Morgan fingerprint density at radius 2 is 2.20 bits per heavy atom. The molecule has 1 unspecified atom stereocenters. The zero-order chi connectivity index (χ0) is 7.98. The molecule has 0 saturated carbocycles. The molecule has 0 aromatic carbocycles. The van der Waals surface area contributed by atoms with Crippen molar-refractivity contribution in [3.63, 3.8) is 0 Å². The van der Waals surface area contributed by atoms with E-state index in [0.717, 1.165) is 0 Å². The van der Waals surface area contributed by atoms with Crippen molar-refractivity contribution < 1.29 is 14.3 Å². The molecular formula is C6H13NO3. The van der Waals surface area contributed by atoms with Crippen molar-refractivity contribution in [2.75, 3.05) is 27.9 Å². The number of ether oxygens (including phenoxy) is 2. The van der Waals surface area contributed by atoms with Crippen LogP contribution >= 0.6 is 0 Å². The van der Waals surface area contributed by atoms with Gasteiger partial charge < -0.3 is 14.8 Å². The van der Waals surface area contributed by atoms with Crippen molar-refractivity contribution in [2.45, 2.75) is 6.04 Å². The second-order valence-corrected chi connectivity index (χ2v) is 1.82. The Morgan fingerprint density at radius 1 is 1.60 bits per heavy atom. The summed E-state index contributed by atoms with van der Waals surface area (Å²) in [7, 11) is 4.57. The molecule has 1 N–H and O–H groups in total. The summed E-state index contributed by atoms with van der Waals surface area (Å²) in [6, 6.07) is -0.352. The van der Waals surface area contributed by atoms with Crippen LogP contribution in [0, 0.1) is 0 Å². The van der Waals surface area contributed by atoms with Crippen molar-refractivity contribution in [3.8, 4) is 0 Å². The summed E-state index contributed by atoms with van der Waals surface area (Å²) < 4.78 is 9.23. The van der Waals surface area contributed by atoms with Crippen LogP contribution in [0.25, 0.3) is 0 Å². The molecule has 0 amide bonds. The summed E-state index contributed by atoms with van der Waals surface area (Å²) >= 11 is 0. The number of hydrogen-bond donors (Lipinski definition) is 1. The van der Waals surface area contributed by atoms with E-state index >= 15 is 0 Å². The van der Waals surface area contributed by atoms with E-state index in [1.54, 1.807) is 7.05 Å². The smallest absolute Gasteiger partial charge is 0.325 e. The zero-order valence-corrected chi connectivity index (χ0v) is 6.51. The maximum absolute atomic E-state index is 10.8. The summed E-state index contributed by atoms with van der Waals surface area (Å²) in [5.41, 5.74) is 0. The van der Waals surface area contributed by atoms with Crippen LogP contribution in [0.5, 0.6) is 0 Å². The Morgan fingerprint density at radius 3 is 2.50 bits per heavy atom. The van der Waals surface area contributed by atoms with E-state index in [1.807, 2.05) is 0 Å². The average molecular weight is 147 g/mol. The lowest BCUT2D eigenvalue weighted by atomic mass is 10.3. The van der Waals surface area contributed by atoms with Crippen LogP contribution in [-0.2, 0) is 14.3 Å². The van der Waals surface area contributed by atoms with Gasteiger partial charge in [0.25, 0.3) is 0 Å². The van der Waals surface area contributed by atoms with E-state index in [0.29, 0.717) is 6.61 Å². The molecule has 0 rings (SSSR count). The van der Waals surface area contributed by atoms with E-state index in [1.165, 1.54) is 14.2 Å². The average Bonchev–Trinajstić information content (AvgIpc) is 1.99. The van der Waals surface area contributed by atoms with E-state index in [4.69, 9.17) is 4.74 Å². The second-order valence-electron chi connectivity index (χ2n) is 1.82. The summed E-state index contributed by atoms with van der Waals surface area (Å²) in [4.78, 5) is 10.8. The molecule has 0 heterocycles. The third-order valence-electron chi connectivity index (χ3n) is 1.17. The first-order valence-corrected chi connectivity index (χ1v) is 3.00. The highest BCUT2D eigenvalue weighted by Crippen LogP contribution is 1.86. The van der Waals surface area contributed by atoms with Crippen molar-refractivity contribution in [1.82, 2.24) is 5.32 Å². The van der Waals surface area contributed by atoms with Crippen LogP contribution in [0.1, 0.15) is 0 Å². The first kappa shape index (κ1) is 9.39. The number of likely N-dealkylation sites (N-methyl/N-ethyl adjacent to an activating group) is 1. The SMILES string of the molecule is CNC(COC)C(=O)OC. The van der Waals surface area contributed by atoms with E-state index in [9.17, 15) is 4.79 Å². The molecule has 0 radical (unpaired) electrons. The van der Waals surface area contributed by atoms with Gasteiger partial charge in [-0.1, -0.05) is 0 Å². The molecule has 10 heavy (non-hydrogen) atoms. The molecule has 0 fully saturated rings. The Balaban J connectivity index is 3.68. The maximum Gasteiger partial charge on any atom is 0.325 e. The van der Waals surface area contributed by atoms with Crippen LogP contribution < -0.4 is 5.32 Å². The van der Waals surface area contributed by atoms with Gasteiger partial charge in [-0.05, 0) is 7.05 Å². The number of carbonyl (C=O) groups excluding carboxylic acids is 1. The van der Waals surface area contributed by atoms with Crippen molar-refractivity contribution >= 4 is 5.97 Å². The molecule has 4 heteroatoms. The summed E-state index contributed by atoms with van der Waals surface area (Å²) in [6.45, 7) is 0.336. The lowest BCUT2D eigenvalue weighted by Crippen LogP contribution is -2.38. The maximum atomic E-state index is 10.8. The molecule has 4 nitrogen and oxygen atoms in total. The zero-order valence-electron chi connectivity index (χ0n) is 6.51. The summed E-state index contributed by atoms with van der Waals surface area (Å²) in [5, 5.41) is 2.75. The summed E-state index contributed by atoms with van der Waals surface area (Å²) in [6.07, 6.45) is 0. The minimum Gasteiger partial charge on any atom is -0.468 e. The minimum absolute atomic E-state index is 0.302. The number of rotatable bonds is 4. The van der Waals surface area contributed by atoms with Crippen molar-refractivity contribution in [1.29, 1.82) is 0 Å². The fourth-order valence-corrected chi connectivity index (χ4v) is 0.578. The molecule has 0 aromatic heterocycles. The van der Waals surface area contributed by atoms with Gasteiger partial charge in [0.15, 0.2) is 0 Å². The number of esters is 1. The van der Waals surface area contributed by atoms with Crippen LogP contribution in [0.15, 0.2) is 0 Å². The van der Waals surface area contributed by atoms with Gasteiger partial charge in [0, 0.05) is 7.11 Å². The predicted octanol–water partition coefficient (Wildman–Crippen LogP) is -0.606. The number of nitrogens with one attached hydrogen (secondary N) is 1. The van der Waals surface area contributed by atoms with Gasteiger partial charge in [-0.15, -0.1) is 0 Å². The molecule has 0 spiro atoms. The lowest BCUT2D eigenvalue weighted by molar-refractivity contribution is -0.144. The number of methoxy groups -OCH3 is 2. The number of hydrogen-bond acceptors (Lipinski definition) is 4. The van der Waals surface area contributed by atoms with Crippen LogP contribution in [-0.4, -0.2) is 39.9 Å². The van der Waals surface area contributed by atoms with E-state index in [2.05, 4.69) is 10.1 Å². The Labute approximate surface area is 60.5 Å². The molecular weight excluding hydrogens is 134 g/mol. The third kappa shape index (κ3) is 2.80. The normalized spacial score (nSPS) is 12.7. The predicted molar refractivity (Wildman–Crippen MR) is 36.7 cm³/mol. The monoisotopic (exact) mass is 147 g/mol. The van der Waals surface area contributed by atoms with Gasteiger partial charge in [0.2, 0.25) is 0 Å². The van der Waals surface area contributed by atoms with Crippen molar-refractivity contribution in [3.05, 3.63) is 0 Å². The molecule has 1 atom stereocenters. The molecule has 0 saturated heterocycles. The minimum atomic E-state index is -0.352. The number of carbonyl (C=O) groups is 1. The van der Waals surface area contributed by atoms with E-state index < -0.39 is 0 Å². The van der Waals surface area contributed by atoms with Gasteiger partial charge in [-0.25, -0.2) is 0 Å². The second kappa shape index (κ2) is 5.20. The lowest BCUT2D eigenvalue weighted by Gasteiger charge is -2.11. The molecule has 0 aromatic rings. The van der Waals surface area contributed by atoms with Crippen LogP contribution in [0.2, 0.25) is 0 Å². The van der Waals surface area contributed by atoms with Crippen molar-refractivity contribution in [2.24, 2.45) is 0 Å². The fraction of sp³-hybridized carbons (Fsp3) is 0.833. The van der Waals surface area contributed by atoms with Gasteiger partial charge in [0.05, 0.1) is 13.7 Å². The molecule has 0 aliphatic carbocycles. The highest BCUT2D eigenvalue weighted by atomic mass is 16.5. The van der Waals surface area contributed by atoms with Gasteiger partial charge in [0.1, 0.15) is 6.04 Å². The highest BCUT2D eigenvalue weighted by molar-refractivity contribution is 5.75. The molecule has 0 bridgehead atoms. The third-order valence-corrected chi connectivity index (χ3v) is 1.17. The van der Waals surface area contributed by atoms with E-state index in [-0.39, 0.29) is 12.0 Å². The largest absolute Gasteiger partial charge is 0.468 e. The molecule has 60 valence electrons. The van der Waals surface area contributed by atoms with Gasteiger partial charge >= 0.3 is 5.97 Å². The summed E-state index contributed by atoms with van der Waals surface area (Å²) in [5.74, 6) is -0.302. The van der Waals surface area contributed by atoms with Gasteiger partial charge in [-0.3, -0.25) is 4.79 Å². The topological polar surface area (TPSA) is 47.6 Å². The van der Waals surface area contributed by atoms with Crippen LogP contribution in [0.4, 0.5) is 0 Å². The molecule has 0 aliphatic heterocycles. The molecule has 0 aliphatic rings.